The van der Waals surface area contributed by atoms with Crippen LogP contribution in [0, 0.1) is 116 Å². The summed E-state index contributed by atoms with van der Waals surface area (Å²) in [6.07, 6.45) is -3.35. The Morgan fingerprint density at radius 2 is 0.742 bits per heavy atom. The maximum Gasteiger partial charge on any atom is 0.303 e. The highest BCUT2D eigenvalue weighted by Crippen LogP contribution is 2.30. The number of halogens is 20. The molecule has 0 spiro atoms. The molecule has 62 heavy (non-hydrogen) atoms. The Kier molecular flexibility index (Phi) is 15.1. The average Bonchev–Trinajstić information content (AvgIpc) is 3.23. The van der Waals surface area contributed by atoms with E-state index >= 15 is 35.1 Å². The third-order valence-electron chi connectivity index (χ3n) is 8.84. The second-order valence-electron chi connectivity index (χ2n) is 12.6. The molecule has 0 saturated carbocycles. The van der Waals surface area contributed by atoms with Gasteiger partial charge in [-0.25, -0.2) is 87.8 Å². The van der Waals surface area contributed by atoms with Crippen molar-refractivity contribution in [3.05, 3.63) is 164 Å². The van der Waals surface area contributed by atoms with Crippen molar-refractivity contribution in [2.75, 3.05) is 5.75 Å². The number of thiol groups is 1. The van der Waals surface area contributed by atoms with Gasteiger partial charge in [0.25, 0.3) is 0 Å². The molecule has 0 aromatic heterocycles. The molecule has 0 aliphatic carbocycles. The first-order valence-corrected chi connectivity index (χ1v) is 17.9. The molecule has 0 amide bonds. The van der Waals surface area contributed by atoms with Gasteiger partial charge in [-0.15, -0.1) is 21.9 Å². The maximum atomic E-state index is 15.4. The molecule has 0 bridgehead atoms. The van der Waals surface area contributed by atoms with Crippen LogP contribution in [0.2, 0.25) is 0 Å². The molecule has 0 N–H and O–H groups in total. The highest BCUT2D eigenvalue weighted by Gasteiger charge is 2.52. The highest BCUT2D eigenvalue weighted by molar-refractivity contribution is 7.77. The molecule has 5 aromatic rings. The third kappa shape index (κ3) is 8.56. The Balaban J connectivity index is 0.000000416. The first-order valence-electron chi connectivity index (χ1n) is 16.6. The highest BCUT2D eigenvalue weighted by atomic mass is 32.2. The summed E-state index contributed by atoms with van der Waals surface area (Å²) in [5.74, 6) is -69.6. The van der Waals surface area contributed by atoms with E-state index in [2.05, 4.69) is 30.3 Å². The molecule has 1 atom stereocenters. The van der Waals surface area contributed by atoms with E-state index < -0.39 is 144 Å². The molecular formula is C38H19BF20O2S. The molecular weight excluding hydrogens is 911 g/mol. The molecule has 1 unspecified atom stereocenters. The van der Waals surface area contributed by atoms with Crippen molar-refractivity contribution >= 4 is 45.7 Å². The van der Waals surface area contributed by atoms with Crippen LogP contribution in [-0.2, 0) is 27.0 Å². The van der Waals surface area contributed by atoms with Gasteiger partial charge in [0.1, 0.15) is 70.3 Å². The van der Waals surface area contributed by atoms with Crippen molar-refractivity contribution in [1.82, 2.24) is 0 Å². The van der Waals surface area contributed by atoms with Crippen LogP contribution in [0.15, 0.2) is 42.5 Å². The van der Waals surface area contributed by atoms with Crippen LogP contribution in [0.25, 0.3) is 0 Å². The summed E-state index contributed by atoms with van der Waals surface area (Å²) in [5.41, 5.74) is -13.0. The molecule has 5 aromatic carbocycles. The fourth-order valence-electron chi connectivity index (χ4n) is 6.28. The van der Waals surface area contributed by atoms with Crippen molar-refractivity contribution in [3.63, 3.8) is 0 Å². The summed E-state index contributed by atoms with van der Waals surface area (Å²) in [6.45, 7) is 3.30. The largest absolute Gasteiger partial charge is 0.459 e. The van der Waals surface area contributed by atoms with E-state index in [9.17, 15) is 57.5 Å². The Morgan fingerprint density at radius 3 is 1.00 bits per heavy atom. The molecule has 0 aliphatic rings. The number of hydrogen-bond donors (Lipinski definition) is 0. The zero-order valence-corrected chi connectivity index (χ0v) is 31.3. The summed E-state index contributed by atoms with van der Waals surface area (Å²) in [7, 11) is 0. The van der Waals surface area contributed by atoms with Gasteiger partial charge < -0.3 is 4.74 Å². The van der Waals surface area contributed by atoms with Gasteiger partial charge in [0.15, 0.2) is 69.8 Å². The third-order valence-corrected chi connectivity index (χ3v) is 9.90. The van der Waals surface area contributed by atoms with Crippen molar-refractivity contribution in [3.8, 4) is 0 Å². The smallest absolute Gasteiger partial charge is 0.303 e. The molecule has 0 aliphatic heterocycles. The van der Waals surface area contributed by atoms with Crippen molar-refractivity contribution in [2.45, 2.75) is 25.7 Å². The minimum absolute atomic E-state index is 0.126. The van der Waals surface area contributed by atoms with E-state index in [1.165, 1.54) is 24.2 Å². The topological polar surface area (TPSA) is 26.3 Å². The predicted molar refractivity (Wildman–Crippen MR) is 183 cm³/mol. The molecule has 0 saturated heterocycles. The van der Waals surface area contributed by atoms with Gasteiger partial charge in [-0.2, -0.15) is 0 Å². The van der Waals surface area contributed by atoms with E-state index in [1.807, 2.05) is 19.1 Å². The van der Waals surface area contributed by atoms with Crippen LogP contribution >= 0.6 is 0 Å². The van der Waals surface area contributed by atoms with Crippen molar-refractivity contribution < 1.29 is 97.3 Å². The quantitative estimate of drug-likeness (QED) is 0.0162. The normalized spacial score (nSPS) is 12.2. The SMILES string of the molecule is CC(=O)OC(C)C=CC[SH+]Cc1ccccc1.Fc1c(F)c(F)c([B-](c2c(F)c(F)c(F)c(F)c2F)(c2c(F)c(F)c(F)c(F)c2F)c2c(F)c(F)c(F)c(F)c2F)c(F)c1F. The van der Waals surface area contributed by atoms with Gasteiger partial charge in [-0.1, -0.05) is 30.3 Å². The Morgan fingerprint density at radius 1 is 0.484 bits per heavy atom. The van der Waals surface area contributed by atoms with Gasteiger partial charge in [-0.3, -0.25) is 4.79 Å². The van der Waals surface area contributed by atoms with Crippen LogP contribution in [0.5, 0.6) is 0 Å². The molecule has 2 nitrogen and oxygen atoms in total. The number of carbonyl (C=O) groups excluding carboxylic acids is 1. The monoisotopic (exact) mass is 930 g/mol. The lowest BCUT2D eigenvalue weighted by Gasteiger charge is -2.44. The molecule has 0 radical (unpaired) electrons. The summed E-state index contributed by atoms with van der Waals surface area (Å²) >= 11 is 1.36. The Bertz CT molecular complexity index is 2210. The second kappa shape index (κ2) is 19.2. The van der Waals surface area contributed by atoms with Gasteiger partial charge in [0, 0.05) is 12.5 Å². The lowest BCUT2D eigenvalue weighted by atomic mass is 9.12. The molecule has 24 heteroatoms. The summed E-state index contributed by atoms with van der Waals surface area (Å²) in [4.78, 5) is 10.7. The predicted octanol–water partition coefficient (Wildman–Crippen LogP) is 8.36. The Labute approximate surface area is 338 Å². The van der Waals surface area contributed by atoms with Crippen LogP contribution in [0.4, 0.5) is 87.8 Å². The van der Waals surface area contributed by atoms with E-state index in [4.69, 9.17) is 4.74 Å². The summed E-state index contributed by atoms with van der Waals surface area (Å²) < 4.78 is 299. The minimum Gasteiger partial charge on any atom is -0.459 e. The van der Waals surface area contributed by atoms with Crippen molar-refractivity contribution in [2.24, 2.45) is 0 Å². The number of ether oxygens (including phenoxy) is 1. The second-order valence-corrected chi connectivity index (χ2v) is 13.7. The van der Waals surface area contributed by atoms with E-state index in [-0.39, 0.29) is 12.1 Å². The average molecular weight is 930 g/mol. The first-order chi connectivity index (χ1) is 28.9. The molecule has 0 fully saturated rings. The maximum absolute atomic E-state index is 15.4. The number of hydrogen-bond acceptors (Lipinski definition) is 2. The van der Waals surface area contributed by atoms with Gasteiger partial charge in [0.2, 0.25) is 0 Å². The number of carbonyl (C=O) groups is 1. The van der Waals surface area contributed by atoms with Crippen LogP contribution in [0.3, 0.4) is 0 Å². The zero-order chi connectivity index (χ0) is 46.9. The van der Waals surface area contributed by atoms with Gasteiger partial charge in [0.05, 0.1) is 0 Å². The number of esters is 1. The lowest BCUT2D eigenvalue weighted by Crippen LogP contribution is -2.81. The first kappa shape index (κ1) is 49.0. The fourth-order valence-corrected chi connectivity index (χ4v) is 7.15. The Hall–Kier alpha value is -5.68. The van der Waals surface area contributed by atoms with Crippen molar-refractivity contribution in [1.29, 1.82) is 0 Å². The number of benzene rings is 5. The van der Waals surface area contributed by atoms with E-state index in [1.54, 1.807) is 0 Å². The lowest BCUT2D eigenvalue weighted by molar-refractivity contribution is -0.143. The van der Waals surface area contributed by atoms with Crippen LogP contribution in [0.1, 0.15) is 19.4 Å². The van der Waals surface area contributed by atoms with E-state index in [0.717, 1.165) is 11.5 Å². The van der Waals surface area contributed by atoms with Crippen LogP contribution < -0.4 is 21.9 Å². The number of rotatable bonds is 10. The van der Waals surface area contributed by atoms with Gasteiger partial charge >= 0.3 is 5.97 Å². The van der Waals surface area contributed by atoms with Gasteiger partial charge in [-0.05, 0) is 30.8 Å². The molecule has 332 valence electrons. The zero-order valence-electron chi connectivity index (χ0n) is 30.4. The minimum atomic E-state index is -7.22. The van der Waals surface area contributed by atoms with E-state index in [0.29, 0.717) is 0 Å². The molecule has 5 rings (SSSR count). The molecule has 0 heterocycles. The summed E-state index contributed by atoms with van der Waals surface area (Å²) in [6, 6.07) is 10.4. The standard InChI is InChI=1S/C24BF20.C14H18O2S/c26-5-1(6(27)14(35)21(42)13(5)34)25(2-7(28)15(36)22(43)16(37)8(2)29,3-9(30)17(38)23(44)18(39)10(3)31)4-11(32)19(40)24(45)20(41)12(4)33;1-12(16-13(2)15)7-6-10-17-11-14-8-4-3-5-9-14/h;3-9,12H,10-11H2,1-2H3/q-1;/p+1. The summed E-state index contributed by atoms with van der Waals surface area (Å²) in [5, 5.41) is 0. The van der Waals surface area contributed by atoms with Crippen LogP contribution in [-0.4, -0.2) is 24.0 Å². The fraction of sp³-hybridized carbons (Fsp3) is 0.132.